The Labute approximate surface area is 215 Å². The van der Waals surface area contributed by atoms with Crippen LogP contribution in [0.4, 0.5) is 0 Å². The first-order valence-electron chi connectivity index (χ1n) is 13.3. The number of cyclic esters (lactones) is 1. The Morgan fingerprint density at radius 2 is 1.91 bits per heavy atom. The second kappa shape index (κ2) is 10.8. The third-order valence-corrected chi connectivity index (χ3v) is 9.96. The van der Waals surface area contributed by atoms with Crippen molar-refractivity contribution in [2.24, 2.45) is 34.5 Å². The van der Waals surface area contributed by atoms with Crippen LogP contribution >= 0.6 is 11.3 Å². The van der Waals surface area contributed by atoms with Crippen LogP contribution in [0.5, 0.6) is 0 Å². The quantitative estimate of drug-likeness (QED) is 0.459. The summed E-state index contributed by atoms with van der Waals surface area (Å²) < 4.78 is 6.00. The van der Waals surface area contributed by atoms with Gasteiger partial charge in [-0.1, -0.05) is 54.4 Å². The van der Waals surface area contributed by atoms with Crippen molar-refractivity contribution in [2.75, 3.05) is 0 Å². The van der Waals surface area contributed by atoms with Crippen molar-refractivity contribution in [2.45, 2.75) is 106 Å². The molecule has 6 heteroatoms. The van der Waals surface area contributed by atoms with E-state index in [1.165, 1.54) is 0 Å². The number of hydrogen-bond donors (Lipinski definition) is 1. The molecular formula is C29H45NO4S. The van der Waals surface area contributed by atoms with Gasteiger partial charge in [0.25, 0.3) is 0 Å². The molecule has 1 aromatic heterocycles. The van der Waals surface area contributed by atoms with Gasteiger partial charge in [0.2, 0.25) is 0 Å². The van der Waals surface area contributed by atoms with E-state index in [1.807, 2.05) is 32.2 Å². The van der Waals surface area contributed by atoms with E-state index in [0.29, 0.717) is 11.8 Å². The highest BCUT2D eigenvalue weighted by molar-refractivity contribution is 7.09. The first kappa shape index (κ1) is 28.0. The minimum atomic E-state index is -1.09. The second-order valence-electron chi connectivity index (χ2n) is 12.3. The fraction of sp³-hybridized carbons (Fsp3) is 0.759. The number of nitrogens with zero attached hydrogens (tertiary/aromatic N) is 1. The van der Waals surface area contributed by atoms with E-state index in [4.69, 9.17) is 4.74 Å². The smallest absolute Gasteiger partial charge is 0.309 e. The highest BCUT2D eigenvalue weighted by Gasteiger charge is 2.50. The van der Waals surface area contributed by atoms with Crippen molar-refractivity contribution in [3.8, 4) is 0 Å². The van der Waals surface area contributed by atoms with Crippen LogP contribution in [0.1, 0.15) is 97.7 Å². The Balaban J connectivity index is 1.85. The molecule has 35 heavy (non-hydrogen) atoms. The summed E-state index contributed by atoms with van der Waals surface area (Å²) in [4.78, 5) is 30.9. The number of rotatable bonds is 2. The van der Waals surface area contributed by atoms with Crippen molar-refractivity contribution < 1.29 is 19.4 Å². The van der Waals surface area contributed by atoms with E-state index in [1.54, 1.807) is 25.2 Å². The van der Waals surface area contributed by atoms with Crippen LogP contribution in [0.15, 0.2) is 11.0 Å². The van der Waals surface area contributed by atoms with Crippen molar-refractivity contribution >= 4 is 29.2 Å². The van der Waals surface area contributed by atoms with Crippen LogP contribution in [-0.4, -0.2) is 34.1 Å². The molecule has 7 atom stereocenters. The van der Waals surface area contributed by atoms with Crippen molar-refractivity contribution in [1.82, 2.24) is 4.98 Å². The largest absolute Gasteiger partial charge is 0.458 e. The second-order valence-corrected chi connectivity index (χ2v) is 13.3. The number of aromatic nitrogens is 1. The number of carbonyl (C=O) groups excluding carboxylic acids is 2. The molecule has 1 aliphatic heterocycles. The molecule has 196 valence electrons. The lowest BCUT2D eigenvalue weighted by Crippen LogP contribution is -2.44. The number of aliphatic hydroxyl groups excluding tert-OH is 1. The summed E-state index contributed by atoms with van der Waals surface area (Å²) in [6.07, 6.45) is 5.73. The van der Waals surface area contributed by atoms with Gasteiger partial charge in [-0.3, -0.25) is 9.59 Å². The number of esters is 1. The first-order chi connectivity index (χ1) is 16.2. The molecule has 1 saturated carbocycles. The van der Waals surface area contributed by atoms with E-state index in [2.05, 4.69) is 25.8 Å². The van der Waals surface area contributed by atoms with Crippen molar-refractivity contribution in [3.63, 3.8) is 0 Å². The molecule has 2 fully saturated rings. The van der Waals surface area contributed by atoms with Crippen molar-refractivity contribution in [1.29, 1.82) is 0 Å². The van der Waals surface area contributed by atoms with Gasteiger partial charge in [0.1, 0.15) is 11.9 Å². The van der Waals surface area contributed by atoms with E-state index >= 15 is 0 Å². The minimum absolute atomic E-state index is 0.0185. The SMILES string of the molecule is C/C(=C\c1csc(C)n1)C1CC2CC2(C)CCCC(C)C(C)C(C)C(=O)C(C)(C)C(O)CC(=O)O1. The number of ketones is 1. The van der Waals surface area contributed by atoms with Gasteiger partial charge >= 0.3 is 5.97 Å². The summed E-state index contributed by atoms with van der Waals surface area (Å²) in [6, 6.07) is 0. The number of thiazole rings is 1. The van der Waals surface area contributed by atoms with E-state index in [9.17, 15) is 14.7 Å². The molecule has 3 rings (SSSR count). The number of Topliss-reactive ketones (excluding diaryl/α,β-unsaturated/α-hetero) is 1. The first-order valence-corrected chi connectivity index (χ1v) is 14.1. The fourth-order valence-electron chi connectivity index (χ4n) is 5.73. The van der Waals surface area contributed by atoms with E-state index in [0.717, 1.165) is 48.4 Å². The molecule has 0 aromatic carbocycles. The highest BCUT2D eigenvalue weighted by atomic mass is 32.1. The maximum atomic E-state index is 13.4. The molecule has 0 radical (unpaired) electrons. The molecule has 1 aromatic rings. The summed E-state index contributed by atoms with van der Waals surface area (Å²) in [5.74, 6) is 0.563. The van der Waals surface area contributed by atoms with Gasteiger partial charge in [0.15, 0.2) is 0 Å². The molecule has 0 bridgehead atoms. The summed E-state index contributed by atoms with van der Waals surface area (Å²) in [5.41, 5.74) is 1.12. The summed E-state index contributed by atoms with van der Waals surface area (Å²) in [6.45, 7) is 16.2. The van der Waals surface area contributed by atoms with Gasteiger partial charge in [0, 0.05) is 11.3 Å². The topological polar surface area (TPSA) is 76.5 Å². The molecule has 7 unspecified atom stereocenters. The third kappa shape index (κ3) is 6.62. The number of carbonyl (C=O) groups is 2. The predicted octanol–water partition coefficient (Wildman–Crippen LogP) is 6.62. The van der Waals surface area contributed by atoms with Crippen LogP contribution in [0.2, 0.25) is 0 Å². The zero-order valence-corrected chi connectivity index (χ0v) is 23.7. The monoisotopic (exact) mass is 503 g/mol. The average Bonchev–Trinajstić information content (AvgIpc) is 3.22. The number of hydrogen-bond acceptors (Lipinski definition) is 6. The molecule has 1 N–H and O–H groups in total. The number of aliphatic hydroxyl groups is 1. The maximum absolute atomic E-state index is 13.4. The number of fused-ring (bicyclic) bond motifs is 1. The van der Waals surface area contributed by atoms with Crippen LogP contribution in [0.3, 0.4) is 0 Å². The standard InChI is InChI=1S/C29H45NO4S/c1-17-10-9-11-29(8)15-22(29)13-24(18(2)12-23-16-35-21(5)30-23)34-26(32)14-25(31)28(6,7)27(33)20(4)19(17)3/h12,16-17,19-20,22,24-25,31H,9-11,13-15H2,1-8H3/b18-12+. The lowest BCUT2D eigenvalue weighted by molar-refractivity contribution is -0.154. The van der Waals surface area contributed by atoms with Crippen LogP contribution in [-0.2, 0) is 14.3 Å². The molecule has 1 saturated heterocycles. The maximum Gasteiger partial charge on any atom is 0.309 e. The molecule has 0 spiro atoms. The van der Waals surface area contributed by atoms with Gasteiger partial charge in [-0.2, -0.15) is 0 Å². The number of ether oxygens (including phenoxy) is 1. The Morgan fingerprint density at radius 3 is 2.54 bits per heavy atom. The average molecular weight is 504 g/mol. The fourth-order valence-corrected chi connectivity index (χ4v) is 6.30. The summed E-state index contributed by atoms with van der Waals surface area (Å²) in [7, 11) is 0. The molecule has 2 heterocycles. The summed E-state index contributed by atoms with van der Waals surface area (Å²) in [5, 5.41) is 14.0. The van der Waals surface area contributed by atoms with Crippen LogP contribution < -0.4 is 0 Å². The minimum Gasteiger partial charge on any atom is -0.458 e. The molecule has 1 aliphatic carbocycles. The van der Waals surface area contributed by atoms with Crippen LogP contribution in [0.25, 0.3) is 6.08 Å². The van der Waals surface area contributed by atoms with E-state index in [-0.39, 0.29) is 35.6 Å². The Hall–Kier alpha value is -1.53. The molecular weight excluding hydrogens is 458 g/mol. The lowest BCUT2D eigenvalue weighted by atomic mass is 9.70. The predicted molar refractivity (Wildman–Crippen MR) is 142 cm³/mol. The van der Waals surface area contributed by atoms with Crippen LogP contribution in [0, 0.1) is 41.4 Å². The zero-order chi connectivity index (χ0) is 26.1. The lowest BCUT2D eigenvalue weighted by Gasteiger charge is -2.35. The van der Waals surface area contributed by atoms with Gasteiger partial charge in [-0.15, -0.1) is 11.3 Å². The normalized spacial score (nSPS) is 37.5. The highest BCUT2D eigenvalue weighted by Crippen LogP contribution is 2.58. The Bertz CT molecular complexity index is 950. The van der Waals surface area contributed by atoms with Crippen molar-refractivity contribution in [3.05, 3.63) is 21.7 Å². The molecule has 5 nitrogen and oxygen atoms in total. The molecule has 2 aliphatic rings. The summed E-state index contributed by atoms with van der Waals surface area (Å²) >= 11 is 1.60. The van der Waals surface area contributed by atoms with Gasteiger partial charge < -0.3 is 9.84 Å². The van der Waals surface area contributed by atoms with Gasteiger partial charge in [-0.05, 0) is 67.9 Å². The zero-order valence-electron chi connectivity index (χ0n) is 22.9. The van der Waals surface area contributed by atoms with Gasteiger partial charge in [0.05, 0.1) is 28.6 Å². The third-order valence-electron chi connectivity index (χ3n) is 9.17. The Kier molecular flexibility index (Phi) is 8.69. The van der Waals surface area contributed by atoms with E-state index < -0.39 is 17.5 Å². The number of aryl methyl sites for hydroxylation is 1. The van der Waals surface area contributed by atoms with Gasteiger partial charge in [-0.25, -0.2) is 4.98 Å². The Morgan fingerprint density at radius 1 is 1.23 bits per heavy atom. The molecule has 0 amide bonds.